The van der Waals surface area contributed by atoms with Crippen molar-refractivity contribution in [3.05, 3.63) is 30.2 Å². The largest absolute Gasteiger partial charge is 0.505 e. The fourth-order valence-electron chi connectivity index (χ4n) is 3.20. The molecule has 0 bridgehead atoms. The number of carboxylic acid groups (broad SMARTS) is 1. The second kappa shape index (κ2) is 6.72. The van der Waals surface area contributed by atoms with Crippen molar-refractivity contribution in [2.45, 2.75) is 0 Å². The van der Waals surface area contributed by atoms with E-state index in [1.54, 1.807) is 6.07 Å². The molecule has 2 aromatic heterocycles. The zero-order valence-corrected chi connectivity index (χ0v) is 14.3. The molecule has 0 radical (unpaired) electrons. The fourth-order valence-corrected chi connectivity index (χ4v) is 3.20. The number of hydrogen-bond acceptors (Lipinski definition) is 7. The lowest BCUT2D eigenvalue weighted by atomic mass is 10.1. The van der Waals surface area contributed by atoms with Crippen LogP contribution in [0.1, 0.15) is 10.5 Å². The molecule has 0 atom stereocenters. The number of fused-ring (bicyclic) bond motifs is 3. The van der Waals surface area contributed by atoms with E-state index in [2.05, 4.69) is 20.3 Å². The van der Waals surface area contributed by atoms with Crippen LogP contribution in [0.3, 0.4) is 0 Å². The lowest BCUT2D eigenvalue weighted by Crippen LogP contribution is -2.36. The van der Waals surface area contributed by atoms with Crippen molar-refractivity contribution in [1.29, 1.82) is 0 Å². The number of pyridine rings is 1. The summed E-state index contributed by atoms with van der Waals surface area (Å²) in [5.74, 6) is -2.21. The number of carbonyl (C=O) groups is 2. The van der Waals surface area contributed by atoms with Gasteiger partial charge in [0.15, 0.2) is 17.1 Å². The summed E-state index contributed by atoms with van der Waals surface area (Å²) in [5, 5.41) is 26.8. The Hall–Kier alpha value is -3.40. The van der Waals surface area contributed by atoms with E-state index in [-0.39, 0.29) is 11.4 Å². The lowest BCUT2D eigenvalue weighted by molar-refractivity contribution is -0.135. The molecular weight excluding hydrogens is 354 g/mol. The van der Waals surface area contributed by atoms with Gasteiger partial charge in [-0.15, -0.1) is 0 Å². The van der Waals surface area contributed by atoms with Gasteiger partial charge in [0.1, 0.15) is 12.9 Å². The van der Waals surface area contributed by atoms with Gasteiger partial charge in [0.2, 0.25) is 0 Å². The SMILES string of the molecule is O=C(O)CNC(=O)c1c(O)c2ccc(N3CCOCC3)cc2c2ncnn12. The molecule has 10 heteroatoms. The third-order valence-electron chi connectivity index (χ3n) is 4.47. The van der Waals surface area contributed by atoms with Crippen LogP contribution < -0.4 is 10.2 Å². The highest BCUT2D eigenvalue weighted by molar-refractivity contribution is 6.07. The number of carboxylic acids is 1. The minimum atomic E-state index is -1.19. The summed E-state index contributed by atoms with van der Waals surface area (Å²) in [6.45, 7) is 2.24. The summed E-state index contributed by atoms with van der Waals surface area (Å²) < 4.78 is 6.59. The van der Waals surface area contributed by atoms with E-state index in [4.69, 9.17) is 9.84 Å². The number of amides is 1. The standard InChI is InChI=1S/C17H17N5O5/c23-13(24)8-18-17(26)14-15(25)11-2-1-10(21-3-5-27-6-4-21)7-12(11)16-19-9-20-22(14)16/h1-2,7,9,25H,3-6,8H2,(H,18,26)(H,23,24). The van der Waals surface area contributed by atoms with Gasteiger partial charge in [-0.1, -0.05) is 0 Å². The van der Waals surface area contributed by atoms with Crippen molar-refractivity contribution in [3.63, 3.8) is 0 Å². The van der Waals surface area contributed by atoms with Crippen molar-refractivity contribution >= 4 is 34.0 Å². The number of aliphatic carboxylic acids is 1. The second-order valence-corrected chi connectivity index (χ2v) is 6.10. The molecule has 27 heavy (non-hydrogen) atoms. The Balaban J connectivity index is 1.84. The summed E-state index contributed by atoms with van der Waals surface area (Å²) in [6, 6.07) is 5.47. The third kappa shape index (κ3) is 2.99. The molecule has 0 saturated carbocycles. The predicted molar refractivity (Wildman–Crippen MR) is 95.2 cm³/mol. The van der Waals surface area contributed by atoms with Gasteiger partial charge >= 0.3 is 5.97 Å². The molecule has 1 aliphatic heterocycles. The molecule has 0 spiro atoms. The van der Waals surface area contributed by atoms with E-state index in [0.717, 1.165) is 18.8 Å². The topological polar surface area (TPSA) is 129 Å². The molecule has 3 aromatic rings. The van der Waals surface area contributed by atoms with Crippen molar-refractivity contribution in [1.82, 2.24) is 19.9 Å². The number of morpholine rings is 1. The highest BCUT2D eigenvalue weighted by Crippen LogP contribution is 2.34. The Kier molecular flexibility index (Phi) is 4.24. The molecule has 3 N–H and O–H groups in total. The Morgan fingerprint density at radius 2 is 2.00 bits per heavy atom. The van der Waals surface area contributed by atoms with Crippen LogP contribution in [0.15, 0.2) is 24.5 Å². The monoisotopic (exact) mass is 371 g/mol. The molecule has 4 rings (SSSR count). The number of nitrogens with one attached hydrogen (secondary N) is 1. The predicted octanol–water partition coefficient (Wildman–Crippen LogP) is 0.239. The van der Waals surface area contributed by atoms with Crippen molar-refractivity contribution in [2.75, 3.05) is 37.7 Å². The van der Waals surface area contributed by atoms with Gasteiger partial charge in [-0.05, 0) is 18.2 Å². The number of aromatic nitrogens is 3. The molecule has 1 saturated heterocycles. The number of anilines is 1. The maximum Gasteiger partial charge on any atom is 0.322 e. The highest BCUT2D eigenvalue weighted by atomic mass is 16.5. The van der Waals surface area contributed by atoms with Gasteiger partial charge in [-0.25, -0.2) is 9.50 Å². The number of rotatable bonds is 4. The van der Waals surface area contributed by atoms with Gasteiger partial charge < -0.3 is 25.2 Å². The summed E-state index contributed by atoms with van der Waals surface area (Å²) >= 11 is 0. The first-order valence-corrected chi connectivity index (χ1v) is 8.37. The average Bonchev–Trinajstić information content (AvgIpc) is 3.16. The number of carbonyl (C=O) groups excluding carboxylic acids is 1. The first-order valence-electron chi connectivity index (χ1n) is 8.37. The average molecular weight is 371 g/mol. The maximum absolute atomic E-state index is 12.4. The number of hydrogen-bond donors (Lipinski definition) is 3. The van der Waals surface area contributed by atoms with Crippen LogP contribution in [-0.2, 0) is 9.53 Å². The fraction of sp³-hybridized carbons (Fsp3) is 0.294. The zero-order chi connectivity index (χ0) is 19.0. The van der Waals surface area contributed by atoms with Crippen LogP contribution in [0.5, 0.6) is 5.75 Å². The second-order valence-electron chi connectivity index (χ2n) is 6.10. The Morgan fingerprint density at radius 1 is 1.22 bits per heavy atom. The number of aromatic hydroxyl groups is 1. The van der Waals surface area contributed by atoms with Gasteiger partial charge in [0.25, 0.3) is 5.91 Å². The molecule has 0 aliphatic carbocycles. The van der Waals surface area contributed by atoms with Gasteiger partial charge in [0, 0.05) is 29.5 Å². The van der Waals surface area contributed by atoms with Gasteiger partial charge in [-0.2, -0.15) is 5.10 Å². The van der Waals surface area contributed by atoms with E-state index in [9.17, 15) is 14.7 Å². The van der Waals surface area contributed by atoms with Crippen molar-refractivity contribution in [2.24, 2.45) is 0 Å². The van der Waals surface area contributed by atoms with Gasteiger partial charge in [0.05, 0.1) is 13.2 Å². The molecule has 1 aliphatic rings. The highest BCUT2D eigenvalue weighted by Gasteiger charge is 2.23. The van der Waals surface area contributed by atoms with Crippen LogP contribution in [-0.4, -0.2) is 69.5 Å². The Bertz CT molecular complexity index is 1040. The normalized spacial score (nSPS) is 14.6. The van der Waals surface area contributed by atoms with Crippen LogP contribution in [0.25, 0.3) is 16.4 Å². The number of benzene rings is 1. The molecular formula is C17H17N5O5. The lowest BCUT2D eigenvalue weighted by Gasteiger charge is -2.29. The zero-order valence-electron chi connectivity index (χ0n) is 14.3. The summed E-state index contributed by atoms with van der Waals surface area (Å²) in [4.78, 5) is 29.5. The van der Waals surface area contributed by atoms with Crippen LogP contribution in [0.2, 0.25) is 0 Å². The van der Waals surface area contributed by atoms with Crippen molar-refractivity contribution in [3.8, 4) is 5.75 Å². The van der Waals surface area contributed by atoms with E-state index in [1.807, 2.05) is 12.1 Å². The molecule has 1 fully saturated rings. The minimum absolute atomic E-state index is 0.157. The molecule has 3 heterocycles. The quantitative estimate of drug-likeness (QED) is 0.595. The van der Waals surface area contributed by atoms with E-state index in [1.165, 1.54) is 10.8 Å². The molecule has 1 amide bonds. The maximum atomic E-state index is 12.4. The minimum Gasteiger partial charge on any atom is -0.505 e. The van der Waals surface area contributed by atoms with Crippen LogP contribution >= 0.6 is 0 Å². The number of nitrogens with zero attached hydrogens (tertiary/aromatic N) is 4. The first kappa shape index (κ1) is 17.0. The van der Waals surface area contributed by atoms with E-state index < -0.39 is 18.4 Å². The Labute approximate surface area is 153 Å². The van der Waals surface area contributed by atoms with E-state index >= 15 is 0 Å². The van der Waals surface area contributed by atoms with Crippen LogP contribution in [0, 0.1) is 0 Å². The first-order chi connectivity index (χ1) is 13.1. The molecule has 10 nitrogen and oxygen atoms in total. The molecule has 0 unspecified atom stereocenters. The Morgan fingerprint density at radius 3 is 2.74 bits per heavy atom. The third-order valence-corrected chi connectivity index (χ3v) is 4.47. The molecule has 1 aromatic carbocycles. The van der Waals surface area contributed by atoms with Crippen molar-refractivity contribution < 1.29 is 24.5 Å². The molecule has 140 valence electrons. The van der Waals surface area contributed by atoms with Gasteiger partial charge in [-0.3, -0.25) is 9.59 Å². The summed E-state index contributed by atoms with van der Waals surface area (Å²) in [7, 11) is 0. The summed E-state index contributed by atoms with van der Waals surface area (Å²) in [6.07, 6.45) is 1.28. The number of ether oxygens (including phenoxy) is 1. The summed E-state index contributed by atoms with van der Waals surface area (Å²) in [5.41, 5.74) is 1.20. The smallest absolute Gasteiger partial charge is 0.322 e. The van der Waals surface area contributed by atoms with E-state index in [0.29, 0.717) is 29.6 Å². The van der Waals surface area contributed by atoms with Crippen LogP contribution in [0.4, 0.5) is 5.69 Å².